The molecule has 0 saturated carbocycles. The molecule has 1 heterocycles. The number of hydrogen-bond donors (Lipinski definition) is 1. The van der Waals surface area contributed by atoms with Crippen LogP contribution in [-0.4, -0.2) is 5.91 Å². The molecular weight excluding hydrogens is 269 g/mol. The van der Waals surface area contributed by atoms with Crippen LogP contribution in [0.1, 0.15) is 22.1 Å². The second kappa shape index (κ2) is 4.55. The number of ether oxygens (including phenoxy) is 1. The fourth-order valence-corrected chi connectivity index (χ4v) is 2.12. The van der Waals surface area contributed by atoms with Gasteiger partial charge in [-0.25, -0.2) is 4.39 Å². The first kappa shape index (κ1) is 12.0. The van der Waals surface area contributed by atoms with Crippen molar-refractivity contribution in [3.63, 3.8) is 0 Å². The van der Waals surface area contributed by atoms with Crippen LogP contribution >= 0.6 is 11.6 Å². The van der Waals surface area contributed by atoms with E-state index >= 15 is 0 Å². The van der Waals surface area contributed by atoms with Gasteiger partial charge in [-0.3, -0.25) is 4.79 Å². The van der Waals surface area contributed by atoms with Crippen molar-refractivity contribution in [3.8, 4) is 5.75 Å². The Labute approximate surface area is 114 Å². The van der Waals surface area contributed by atoms with Gasteiger partial charge in [0.2, 0.25) is 6.23 Å². The van der Waals surface area contributed by atoms with Crippen LogP contribution in [0.4, 0.5) is 4.39 Å². The molecule has 0 fully saturated rings. The molecule has 0 radical (unpaired) electrons. The molecule has 1 aliphatic heterocycles. The van der Waals surface area contributed by atoms with Gasteiger partial charge in [-0.2, -0.15) is 0 Å². The van der Waals surface area contributed by atoms with Gasteiger partial charge in [0, 0.05) is 10.6 Å². The van der Waals surface area contributed by atoms with E-state index in [9.17, 15) is 9.18 Å². The highest BCUT2D eigenvalue weighted by atomic mass is 35.5. The number of halogens is 2. The molecule has 0 unspecified atom stereocenters. The predicted molar refractivity (Wildman–Crippen MR) is 68.7 cm³/mol. The van der Waals surface area contributed by atoms with E-state index in [0.29, 0.717) is 16.3 Å². The highest BCUT2D eigenvalue weighted by Crippen LogP contribution is 2.30. The number of fused-ring (bicyclic) bond motifs is 1. The number of rotatable bonds is 1. The smallest absolute Gasteiger partial charge is 0.258 e. The fraction of sp³-hybridized carbons (Fsp3) is 0.0714. The number of benzene rings is 2. The topological polar surface area (TPSA) is 38.3 Å². The lowest BCUT2D eigenvalue weighted by Gasteiger charge is -2.27. The van der Waals surface area contributed by atoms with Gasteiger partial charge < -0.3 is 10.1 Å². The standard InChI is InChI=1S/C14H9ClFNO2/c15-8-5-6-9(11(16)7-8)14-17-13(18)10-3-1-2-4-12(10)19-14/h1-7,14H,(H,17,18)/t14-/m1/s1. The summed E-state index contributed by atoms with van der Waals surface area (Å²) in [5, 5.41) is 2.90. The molecule has 2 aromatic rings. The van der Waals surface area contributed by atoms with Crippen molar-refractivity contribution in [2.24, 2.45) is 0 Å². The Morgan fingerprint density at radius 3 is 2.79 bits per heavy atom. The quantitative estimate of drug-likeness (QED) is 0.868. The number of para-hydroxylation sites is 1. The monoisotopic (exact) mass is 277 g/mol. The van der Waals surface area contributed by atoms with Gasteiger partial charge in [-0.05, 0) is 30.3 Å². The fourth-order valence-electron chi connectivity index (χ4n) is 1.97. The number of amides is 1. The molecule has 5 heteroatoms. The minimum absolute atomic E-state index is 0.243. The normalized spacial score (nSPS) is 17.4. The van der Waals surface area contributed by atoms with Crippen LogP contribution in [0.15, 0.2) is 42.5 Å². The molecule has 96 valence electrons. The summed E-state index contributed by atoms with van der Waals surface area (Å²) in [7, 11) is 0. The molecule has 1 amide bonds. The van der Waals surface area contributed by atoms with Crippen LogP contribution in [0, 0.1) is 5.82 Å². The van der Waals surface area contributed by atoms with Gasteiger partial charge in [0.1, 0.15) is 11.6 Å². The maximum Gasteiger partial charge on any atom is 0.258 e. The average molecular weight is 278 g/mol. The summed E-state index contributed by atoms with van der Waals surface area (Å²) < 4.78 is 19.4. The molecule has 0 aliphatic carbocycles. The van der Waals surface area contributed by atoms with E-state index in [4.69, 9.17) is 16.3 Å². The Balaban J connectivity index is 1.99. The molecule has 1 aliphatic rings. The Hall–Kier alpha value is -2.07. The molecule has 0 spiro atoms. The average Bonchev–Trinajstić information content (AvgIpc) is 2.38. The first-order valence-corrected chi connectivity index (χ1v) is 6.04. The Kier molecular flexibility index (Phi) is 2.87. The highest BCUT2D eigenvalue weighted by molar-refractivity contribution is 6.30. The van der Waals surface area contributed by atoms with Crippen LogP contribution in [0.5, 0.6) is 5.75 Å². The zero-order valence-electron chi connectivity index (χ0n) is 9.69. The number of carbonyl (C=O) groups is 1. The van der Waals surface area contributed by atoms with Gasteiger partial charge in [0.25, 0.3) is 5.91 Å². The van der Waals surface area contributed by atoms with E-state index in [2.05, 4.69) is 5.32 Å². The molecule has 0 aromatic heterocycles. The van der Waals surface area contributed by atoms with E-state index in [1.165, 1.54) is 12.1 Å². The number of carbonyl (C=O) groups excluding carboxylic acids is 1. The third-order valence-corrected chi connectivity index (χ3v) is 3.12. The van der Waals surface area contributed by atoms with Crippen LogP contribution in [0.25, 0.3) is 0 Å². The zero-order valence-corrected chi connectivity index (χ0v) is 10.4. The highest BCUT2D eigenvalue weighted by Gasteiger charge is 2.27. The SMILES string of the molecule is O=C1N[C@@H](c2ccc(Cl)cc2F)Oc2ccccc21. The molecule has 2 aromatic carbocycles. The summed E-state index contributed by atoms with van der Waals surface area (Å²) in [6.07, 6.45) is -0.848. The minimum Gasteiger partial charge on any atom is -0.465 e. The van der Waals surface area contributed by atoms with E-state index < -0.39 is 12.0 Å². The Morgan fingerprint density at radius 1 is 1.21 bits per heavy atom. The summed E-state index contributed by atoms with van der Waals surface area (Å²) in [4.78, 5) is 11.9. The Morgan fingerprint density at radius 2 is 2.00 bits per heavy atom. The summed E-state index contributed by atoms with van der Waals surface area (Å²) in [5.74, 6) is -0.371. The van der Waals surface area contributed by atoms with Crippen LogP contribution < -0.4 is 10.1 Å². The third kappa shape index (κ3) is 2.15. The lowest BCUT2D eigenvalue weighted by molar-refractivity contribution is 0.0750. The van der Waals surface area contributed by atoms with Crippen molar-refractivity contribution in [2.75, 3.05) is 0 Å². The summed E-state index contributed by atoms with van der Waals surface area (Å²) in [6, 6.07) is 11.1. The van der Waals surface area contributed by atoms with Crippen LogP contribution in [0.3, 0.4) is 0 Å². The maximum absolute atomic E-state index is 13.8. The number of nitrogens with one attached hydrogen (secondary N) is 1. The zero-order chi connectivity index (χ0) is 13.4. The predicted octanol–water partition coefficient (Wildman–Crippen LogP) is 3.30. The first-order valence-electron chi connectivity index (χ1n) is 5.66. The molecule has 0 bridgehead atoms. The van der Waals surface area contributed by atoms with Crippen molar-refractivity contribution in [3.05, 3.63) is 64.4 Å². The van der Waals surface area contributed by atoms with Crippen LogP contribution in [0.2, 0.25) is 5.02 Å². The van der Waals surface area contributed by atoms with E-state index in [-0.39, 0.29) is 11.5 Å². The number of hydrogen-bond acceptors (Lipinski definition) is 2. The lowest BCUT2D eigenvalue weighted by Crippen LogP contribution is -2.37. The van der Waals surface area contributed by atoms with Gasteiger partial charge in [-0.1, -0.05) is 23.7 Å². The third-order valence-electron chi connectivity index (χ3n) is 2.88. The maximum atomic E-state index is 13.8. The summed E-state index contributed by atoms with van der Waals surface area (Å²) >= 11 is 5.70. The van der Waals surface area contributed by atoms with E-state index in [1.807, 2.05) is 0 Å². The van der Waals surface area contributed by atoms with Gasteiger partial charge in [0.05, 0.1) is 5.56 Å². The van der Waals surface area contributed by atoms with E-state index in [1.54, 1.807) is 30.3 Å². The Bertz CT molecular complexity index is 660. The minimum atomic E-state index is -0.848. The van der Waals surface area contributed by atoms with Crippen LogP contribution in [-0.2, 0) is 0 Å². The van der Waals surface area contributed by atoms with Crippen molar-refractivity contribution < 1.29 is 13.9 Å². The first-order chi connectivity index (χ1) is 9.15. The van der Waals surface area contributed by atoms with Crippen molar-refractivity contribution in [1.82, 2.24) is 5.32 Å². The molecule has 3 rings (SSSR count). The van der Waals surface area contributed by atoms with Gasteiger partial charge in [-0.15, -0.1) is 0 Å². The van der Waals surface area contributed by atoms with Gasteiger partial charge in [0.15, 0.2) is 0 Å². The molecule has 1 atom stereocenters. The van der Waals surface area contributed by atoms with Crippen molar-refractivity contribution >= 4 is 17.5 Å². The van der Waals surface area contributed by atoms with E-state index in [0.717, 1.165) is 0 Å². The van der Waals surface area contributed by atoms with Crippen molar-refractivity contribution in [2.45, 2.75) is 6.23 Å². The van der Waals surface area contributed by atoms with Gasteiger partial charge >= 0.3 is 0 Å². The molecular formula is C14H9ClFNO2. The lowest BCUT2D eigenvalue weighted by atomic mass is 10.1. The second-order valence-corrected chi connectivity index (χ2v) is 4.57. The summed E-state index contributed by atoms with van der Waals surface area (Å²) in [6.45, 7) is 0. The molecule has 3 nitrogen and oxygen atoms in total. The molecule has 0 saturated heterocycles. The largest absolute Gasteiger partial charge is 0.465 e. The second-order valence-electron chi connectivity index (χ2n) is 4.13. The molecule has 1 N–H and O–H groups in total. The summed E-state index contributed by atoms with van der Waals surface area (Å²) in [5.41, 5.74) is 0.681. The molecule has 19 heavy (non-hydrogen) atoms. The van der Waals surface area contributed by atoms with Crippen molar-refractivity contribution in [1.29, 1.82) is 0 Å².